The Labute approximate surface area is 124 Å². The highest BCUT2D eigenvalue weighted by molar-refractivity contribution is 14.1. The van der Waals surface area contributed by atoms with Crippen molar-refractivity contribution in [2.75, 3.05) is 5.32 Å². The Morgan fingerprint density at radius 1 is 1.22 bits per heavy atom. The highest BCUT2D eigenvalue weighted by Crippen LogP contribution is 2.24. The normalized spacial score (nSPS) is 10.1. The molecule has 0 radical (unpaired) electrons. The van der Waals surface area contributed by atoms with Crippen molar-refractivity contribution in [3.63, 3.8) is 0 Å². The maximum absolute atomic E-state index is 13.7. The molecule has 0 bridgehead atoms. The molecule has 0 aliphatic rings. The minimum atomic E-state index is -0.418. The van der Waals surface area contributed by atoms with Gasteiger partial charge in [-0.2, -0.15) is 0 Å². The quantitative estimate of drug-likeness (QED) is 0.636. The molecule has 3 N–H and O–H groups in total. The number of benzene rings is 2. The lowest BCUT2D eigenvalue weighted by Crippen LogP contribution is -2.14. The minimum absolute atomic E-state index is 0.0428. The SMILES string of the molecule is NC(=S)c1c(F)cccc1Nc1cccc(I)c1. The van der Waals surface area contributed by atoms with Crippen LogP contribution in [0.4, 0.5) is 15.8 Å². The average molecular weight is 372 g/mol. The summed E-state index contributed by atoms with van der Waals surface area (Å²) in [6.45, 7) is 0. The molecular weight excluding hydrogens is 362 g/mol. The molecular formula is C13H10FIN2S. The van der Waals surface area contributed by atoms with Crippen LogP contribution in [0.15, 0.2) is 42.5 Å². The molecule has 0 aliphatic carbocycles. The molecule has 2 aromatic carbocycles. The number of nitrogens with two attached hydrogens (primary N) is 1. The van der Waals surface area contributed by atoms with Crippen LogP contribution in [0.25, 0.3) is 0 Å². The summed E-state index contributed by atoms with van der Waals surface area (Å²) in [6.07, 6.45) is 0. The van der Waals surface area contributed by atoms with Gasteiger partial charge in [-0.25, -0.2) is 4.39 Å². The summed E-state index contributed by atoms with van der Waals surface area (Å²) in [6, 6.07) is 12.5. The minimum Gasteiger partial charge on any atom is -0.389 e. The molecule has 0 amide bonds. The van der Waals surface area contributed by atoms with E-state index < -0.39 is 5.82 Å². The molecule has 0 atom stereocenters. The number of nitrogens with one attached hydrogen (secondary N) is 1. The fourth-order valence-electron chi connectivity index (χ4n) is 1.60. The van der Waals surface area contributed by atoms with Gasteiger partial charge in [0.1, 0.15) is 10.8 Å². The monoisotopic (exact) mass is 372 g/mol. The van der Waals surface area contributed by atoms with Crippen molar-refractivity contribution < 1.29 is 4.39 Å². The fourth-order valence-corrected chi connectivity index (χ4v) is 2.35. The molecule has 18 heavy (non-hydrogen) atoms. The second-order valence-electron chi connectivity index (χ2n) is 3.66. The molecule has 0 fully saturated rings. The summed E-state index contributed by atoms with van der Waals surface area (Å²) >= 11 is 7.09. The molecule has 2 aromatic rings. The average Bonchev–Trinajstić information content (AvgIpc) is 2.28. The molecule has 5 heteroatoms. The van der Waals surface area contributed by atoms with Crippen LogP contribution >= 0.6 is 34.8 Å². The smallest absolute Gasteiger partial charge is 0.135 e. The van der Waals surface area contributed by atoms with Gasteiger partial charge in [0, 0.05) is 9.26 Å². The maximum atomic E-state index is 13.7. The van der Waals surface area contributed by atoms with Crippen molar-refractivity contribution in [1.29, 1.82) is 0 Å². The van der Waals surface area contributed by atoms with E-state index in [9.17, 15) is 4.39 Å². The molecule has 0 aliphatic heterocycles. The van der Waals surface area contributed by atoms with Gasteiger partial charge in [-0.1, -0.05) is 24.4 Å². The summed E-state index contributed by atoms with van der Waals surface area (Å²) in [5.74, 6) is -0.418. The third-order valence-corrected chi connectivity index (χ3v) is 3.24. The van der Waals surface area contributed by atoms with E-state index >= 15 is 0 Å². The van der Waals surface area contributed by atoms with Crippen LogP contribution in [0, 0.1) is 9.39 Å². The van der Waals surface area contributed by atoms with Crippen molar-refractivity contribution in [1.82, 2.24) is 0 Å². The molecule has 92 valence electrons. The molecule has 0 unspecified atom stereocenters. The van der Waals surface area contributed by atoms with Crippen LogP contribution in [-0.4, -0.2) is 4.99 Å². The van der Waals surface area contributed by atoms with Crippen molar-refractivity contribution in [2.45, 2.75) is 0 Å². The van der Waals surface area contributed by atoms with Gasteiger partial charge in [-0.05, 0) is 52.9 Å². The summed E-state index contributed by atoms with van der Waals surface area (Å²) in [5.41, 5.74) is 7.23. The van der Waals surface area contributed by atoms with E-state index in [1.54, 1.807) is 12.1 Å². The fraction of sp³-hybridized carbons (Fsp3) is 0. The van der Waals surface area contributed by atoms with Crippen molar-refractivity contribution in [2.24, 2.45) is 5.73 Å². The third kappa shape index (κ3) is 2.97. The zero-order valence-electron chi connectivity index (χ0n) is 9.28. The largest absolute Gasteiger partial charge is 0.389 e. The lowest BCUT2D eigenvalue weighted by atomic mass is 10.1. The number of anilines is 2. The zero-order valence-corrected chi connectivity index (χ0v) is 12.3. The zero-order chi connectivity index (χ0) is 13.1. The Hall–Kier alpha value is -1.21. The van der Waals surface area contributed by atoms with Gasteiger partial charge in [-0.3, -0.25) is 0 Å². The molecule has 0 saturated heterocycles. The lowest BCUT2D eigenvalue weighted by molar-refractivity contribution is 0.626. The van der Waals surface area contributed by atoms with E-state index in [2.05, 4.69) is 27.9 Å². The molecule has 0 aromatic heterocycles. The molecule has 0 saturated carbocycles. The number of thiocarbonyl (C=S) groups is 1. The van der Waals surface area contributed by atoms with Crippen LogP contribution in [0.5, 0.6) is 0 Å². The van der Waals surface area contributed by atoms with Crippen molar-refractivity contribution in [3.05, 3.63) is 57.4 Å². The summed E-state index contributed by atoms with van der Waals surface area (Å²) in [7, 11) is 0. The van der Waals surface area contributed by atoms with Gasteiger partial charge in [0.25, 0.3) is 0 Å². The third-order valence-electron chi connectivity index (χ3n) is 2.36. The first-order valence-electron chi connectivity index (χ1n) is 5.19. The number of hydrogen-bond acceptors (Lipinski definition) is 2. The predicted molar refractivity (Wildman–Crippen MR) is 84.7 cm³/mol. The van der Waals surface area contributed by atoms with Gasteiger partial charge < -0.3 is 11.1 Å². The first-order valence-corrected chi connectivity index (χ1v) is 6.67. The Balaban J connectivity index is 2.40. The van der Waals surface area contributed by atoms with Gasteiger partial charge in [0.05, 0.1) is 11.3 Å². The highest BCUT2D eigenvalue weighted by Gasteiger charge is 2.11. The standard InChI is InChI=1S/C13H10FIN2S/c14-10-5-2-6-11(12(10)13(16)18)17-9-4-1-3-8(15)7-9/h1-7,17H,(H2,16,18). The van der Waals surface area contributed by atoms with E-state index in [4.69, 9.17) is 18.0 Å². The number of rotatable bonds is 3. The van der Waals surface area contributed by atoms with Crippen LogP contribution < -0.4 is 11.1 Å². The lowest BCUT2D eigenvalue weighted by Gasteiger charge is -2.12. The Kier molecular flexibility index (Phi) is 4.13. The van der Waals surface area contributed by atoms with E-state index in [1.807, 2.05) is 24.3 Å². The number of halogens is 2. The topological polar surface area (TPSA) is 38.0 Å². The van der Waals surface area contributed by atoms with Gasteiger partial charge >= 0.3 is 0 Å². The second-order valence-corrected chi connectivity index (χ2v) is 5.35. The Bertz CT molecular complexity index is 601. The Morgan fingerprint density at radius 2 is 1.94 bits per heavy atom. The van der Waals surface area contributed by atoms with Crippen LogP contribution in [0.1, 0.15) is 5.56 Å². The van der Waals surface area contributed by atoms with Crippen LogP contribution in [-0.2, 0) is 0 Å². The van der Waals surface area contributed by atoms with E-state index in [0.717, 1.165) is 9.26 Å². The van der Waals surface area contributed by atoms with Gasteiger partial charge in [0.15, 0.2) is 0 Å². The Morgan fingerprint density at radius 3 is 2.61 bits per heavy atom. The van der Waals surface area contributed by atoms with Crippen LogP contribution in [0.3, 0.4) is 0 Å². The first kappa shape index (κ1) is 13.2. The number of hydrogen-bond donors (Lipinski definition) is 2. The summed E-state index contributed by atoms with van der Waals surface area (Å²) in [5, 5.41) is 3.12. The summed E-state index contributed by atoms with van der Waals surface area (Å²) < 4.78 is 14.8. The molecule has 0 heterocycles. The second kappa shape index (κ2) is 5.62. The predicted octanol–water partition coefficient (Wildman–Crippen LogP) is 3.81. The first-order chi connectivity index (χ1) is 8.58. The van der Waals surface area contributed by atoms with Crippen molar-refractivity contribution >= 4 is 51.2 Å². The van der Waals surface area contributed by atoms with Crippen molar-refractivity contribution in [3.8, 4) is 0 Å². The van der Waals surface area contributed by atoms with Gasteiger partial charge in [0.2, 0.25) is 0 Å². The van der Waals surface area contributed by atoms with Gasteiger partial charge in [-0.15, -0.1) is 0 Å². The molecule has 0 spiro atoms. The van der Waals surface area contributed by atoms with E-state index in [0.29, 0.717) is 5.69 Å². The molecule has 2 nitrogen and oxygen atoms in total. The van der Waals surface area contributed by atoms with E-state index in [1.165, 1.54) is 6.07 Å². The van der Waals surface area contributed by atoms with Crippen LogP contribution in [0.2, 0.25) is 0 Å². The molecule has 2 rings (SSSR count). The highest BCUT2D eigenvalue weighted by atomic mass is 127. The maximum Gasteiger partial charge on any atom is 0.135 e. The summed E-state index contributed by atoms with van der Waals surface area (Å²) in [4.78, 5) is 0.0428. The van der Waals surface area contributed by atoms with E-state index in [-0.39, 0.29) is 10.6 Å².